The molecule has 0 aromatic carbocycles. The smallest absolute Gasteiger partial charge is 0.339 e. The average molecular weight is 229 g/mol. The molecular weight excluding hydrogens is 218 g/mol. The summed E-state index contributed by atoms with van der Waals surface area (Å²) in [5, 5.41) is 0. The van der Waals surface area contributed by atoms with Gasteiger partial charge in [0.2, 0.25) is 0 Å². The van der Waals surface area contributed by atoms with Crippen LogP contribution in [0.1, 0.15) is 10.4 Å². The summed E-state index contributed by atoms with van der Waals surface area (Å²) in [6.07, 6.45) is 3.10. The summed E-state index contributed by atoms with van der Waals surface area (Å²) < 4.78 is 4.59. The number of methoxy groups -OCH3 is 1. The highest BCUT2D eigenvalue weighted by molar-refractivity contribution is 5.89. The molecular formula is C12H11N3O2. The Balaban J connectivity index is 2.29. The van der Waals surface area contributed by atoms with Crippen molar-refractivity contribution in [2.75, 3.05) is 12.8 Å². The van der Waals surface area contributed by atoms with Crippen molar-refractivity contribution in [3.63, 3.8) is 0 Å². The molecule has 17 heavy (non-hydrogen) atoms. The Morgan fingerprint density at radius 3 is 2.53 bits per heavy atom. The van der Waals surface area contributed by atoms with Crippen molar-refractivity contribution in [2.24, 2.45) is 0 Å². The Bertz CT molecular complexity index is 520. The molecule has 0 aliphatic carbocycles. The fourth-order valence-electron chi connectivity index (χ4n) is 1.36. The van der Waals surface area contributed by atoms with Crippen LogP contribution in [0.2, 0.25) is 0 Å². The molecule has 2 N–H and O–H groups in total. The van der Waals surface area contributed by atoms with Gasteiger partial charge in [0.25, 0.3) is 0 Å². The average Bonchev–Trinajstić information content (AvgIpc) is 2.39. The molecule has 0 atom stereocenters. The van der Waals surface area contributed by atoms with E-state index in [-0.39, 0.29) is 0 Å². The number of ether oxygens (including phenoxy) is 1. The fraction of sp³-hybridized carbons (Fsp3) is 0.0833. The van der Waals surface area contributed by atoms with E-state index in [2.05, 4.69) is 14.7 Å². The third kappa shape index (κ3) is 2.39. The van der Waals surface area contributed by atoms with Gasteiger partial charge in [-0.1, -0.05) is 0 Å². The summed E-state index contributed by atoms with van der Waals surface area (Å²) in [5.41, 5.74) is 7.48. The molecule has 2 heterocycles. The highest BCUT2D eigenvalue weighted by atomic mass is 16.5. The normalized spacial score (nSPS) is 9.94. The molecule has 0 saturated heterocycles. The third-order valence-corrected chi connectivity index (χ3v) is 2.27. The van der Waals surface area contributed by atoms with Gasteiger partial charge in [0.15, 0.2) is 0 Å². The second-order valence-corrected chi connectivity index (χ2v) is 3.40. The van der Waals surface area contributed by atoms with Gasteiger partial charge in [0.05, 0.1) is 18.4 Å². The standard InChI is InChI=1S/C12H11N3O2/c1-17-12(16)9-2-4-10(14-7-9)8-3-5-11(13)15-6-8/h2-7H,1H3,(H2,13,15). The van der Waals surface area contributed by atoms with Gasteiger partial charge in [-0.2, -0.15) is 0 Å². The van der Waals surface area contributed by atoms with E-state index in [9.17, 15) is 4.79 Å². The molecule has 0 amide bonds. The third-order valence-electron chi connectivity index (χ3n) is 2.27. The topological polar surface area (TPSA) is 78.1 Å². The summed E-state index contributed by atoms with van der Waals surface area (Å²) >= 11 is 0. The van der Waals surface area contributed by atoms with Crippen molar-refractivity contribution in [3.8, 4) is 11.3 Å². The zero-order valence-electron chi connectivity index (χ0n) is 9.25. The Labute approximate surface area is 98.3 Å². The first kappa shape index (κ1) is 11.1. The molecule has 5 nitrogen and oxygen atoms in total. The number of nitrogen functional groups attached to an aromatic ring is 1. The van der Waals surface area contributed by atoms with Crippen molar-refractivity contribution in [1.29, 1.82) is 0 Å². The maximum absolute atomic E-state index is 11.2. The van der Waals surface area contributed by atoms with Crippen LogP contribution in [0, 0.1) is 0 Å². The number of rotatable bonds is 2. The fourth-order valence-corrected chi connectivity index (χ4v) is 1.36. The maximum atomic E-state index is 11.2. The molecule has 0 aliphatic heterocycles. The predicted molar refractivity (Wildman–Crippen MR) is 63.2 cm³/mol. The summed E-state index contributed by atoms with van der Waals surface area (Å²) in [6, 6.07) is 6.91. The quantitative estimate of drug-likeness (QED) is 0.790. The lowest BCUT2D eigenvalue weighted by Crippen LogP contribution is -2.01. The highest BCUT2D eigenvalue weighted by Gasteiger charge is 2.06. The molecule has 5 heteroatoms. The monoisotopic (exact) mass is 229 g/mol. The van der Waals surface area contributed by atoms with E-state index in [1.165, 1.54) is 13.3 Å². The number of carbonyl (C=O) groups excluding carboxylic acids is 1. The summed E-state index contributed by atoms with van der Waals surface area (Å²) in [6.45, 7) is 0. The van der Waals surface area contributed by atoms with Crippen molar-refractivity contribution in [3.05, 3.63) is 42.2 Å². The van der Waals surface area contributed by atoms with Crippen molar-refractivity contribution >= 4 is 11.8 Å². The largest absolute Gasteiger partial charge is 0.465 e. The van der Waals surface area contributed by atoms with E-state index in [1.807, 2.05) is 6.07 Å². The summed E-state index contributed by atoms with van der Waals surface area (Å²) in [4.78, 5) is 19.4. The number of hydrogen-bond donors (Lipinski definition) is 1. The Morgan fingerprint density at radius 2 is 2.00 bits per heavy atom. The maximum Gasteiger partial charge on any atom is 0.339 e. The summed E-state index contributed by atoms with van der Waals surface area (Å²) in [7, 11) is 1.33. The Kier molecular flexibility index (Phi) is 3.00. The molecule has 0 unspecified atom stereocenters. The number of nitrogens with zero attached hydrogens (tertiary/aromatic N) is 2. The lowest BCUT2D eigenvalue weighted by atomic mass is 10.1. The van der Waals surface area contributed by atoms with Gasteiger partial charge in [-0.05, 0) is 24.3 Å². The van der Waals surface area contributed by atoms with E-state index in [4.69, 9.17) is 5.73 Å². The first-order valence-corrected chi connectivity index (χ1v) is 4.97. The van der Waals surface area contributed by atoms with E-state index in [1.54, 1.807) is 24.4 Å². The van der Waals surface area contributed by atoms with Crippen molar-refractivity contribution in [2.45, 2.75) is 0 Å². The van der Waals surface area contributed by atoms with E-state index >= 15 is 0 Å². The second-order valence-electron chi connectivity index (χ2n) is 3.40. The van der Waals surface area contributed by atoms with Gasteiger partial charge < -0.3 is 10.5 Å². The van der Waals surface area contributed by atoms with Gasteiger partial charge in [-0.3, -0.25) is 4.98 Å². The SMILES string of the molecule is COC(=O)c1ccc(-c2ccc(N)nc2)nc1. The molecule has 2 aromatic rings. The molecule has 0 radical (unpaired) electrons. The number of hydrogen-bond acceptors (Lipinski definition) is 5. The van der Waals surface area contributed by atoms with Gasteiger partial charge in [-0.25, -0.2) is 9.78 Å². The molecule has 0 aliphatic rings. The first-order chi connectivity index (χ1) is 8.20. The van der Waals surface area contributed by atoms with Gasteiger partial charge in [-0.15, -0.1) is 0 Å². The number of aromatic nitrogens is 2. The minimum absolute atomic E-state index is 0.403. The van der Waals surface area contributed by atoms with E-state index < -0.39 is 5.97 Å². The van der Waals surface area contributed by atoms with Crippen molar-refractivity contribution in [1.82, 2.24) is 9.97 Å². The lowest BCUT2D eigenvalue weighted by molar-refractivity contribution is 0.0600. The number of carbonyl (C=O) groups is 1. The molecule has 2 rings (SSSR count). The zero-order valence-corrected chi connectivity index (χ0v) is 9.25. The van der Waals surface area contributed by atoms with Crippen LogP contribution < -0.4 is 5.73 Å². The van der Waals surface area contributed by atoms with Crippen LogP contribution in [-0.2, 0) is 4.74 Å². The molecule has 0 saturated carbocycles. The van der Waals surface area contributed by atoms with Gasteiger partial charge in [0, 0.05) is 18.0 Å². The Hall–Kier alpha value is -2.43. The van der Waals surface area contributed by atoms with Gasteiger partial charge >= 0.3 is 5.97 Å². The predicted octanol–water partition coefficient (Wildman–Crippen LogP) is 1.51. The van der Waals surface area contributed by atoms with Crippen LogP contribution in [-0.4, -0.2) is 23.0 Å². The highest BCUT2D eigenvalue weighted by Crippen LogP contribution is 2.16. The van der Waals surface area contributed by atoms with E-state index in [0.717, 1.165) is 11.3 Å². The van der Waals surface area contributed by atoms with Crippen LogP contribution in [0.5, 0.6) is 0 Å². The van der Waals surface area contributed by atoms with Gasteiger partial charge in [0.1, 0.15) is 5.82 Å². The minimum Gasteiger partial charge on any atom is -0.465 e. The summed E-state index contributed by atoms with van der Waals surface area (Å²) in [5.74, 6) is 0.0550. The molecule has 0 spiro atoms. The van der Waals surface area contributed by atoms with Crippen LogP contribution >= 0.6 is 0 Å². The second kappa shape index (κ2) is 4.61. The number of esters is 1. The van der Waals surface area contributed by atoms with Crippen LogP contribution in [0.15, 0.2) is 36.7 Å². The molecule has 0 bridgehead atoms. The minimum atomic E-state index is -0.403. The zero-order chi connectivity index (χ0) is 12.3. The van der Waals surface area contributed by atoms with Crippen LogP contribution in [0.25, 0.3) is 11.3 Å². The Morgan fingerprint density at radius 1 is 1.18 bits per heavy atom. The number of nitrogens with two attached hydrogens (primary N) is 1. The lowest BCUT2D eigenvalue weighted by Gasteiger charge is -2.02. The van der Waals surface area contributed by atoms with E-state index in [0.29, 0.717) is 11.4 Å². The molecule has 86 valence electrons. The number of anilines is 1. The van der Waals surface area contributed by atoms with Crippen LogP contribution in [0.4, 0.5) is 5.82 Å². The van der Waals surface area contributed by atoms with Crippen LogP contribution in [0.3, 0.4) is 0 Å². The first-order valence-electron chi connectivity index (χ1n) is 4.97. The number of pyridine rings is 2. The molecule has 2 aromatic heterocycles. The van der Waals surface area contributed by atoms with Crippen molar-refractivity contribution < 1.29 is 9.53 Å². The molecule has 0 fully saturated rings.